The Kier molecular flexibility index (Phi) is 5.11. The fourth-order valence-corrected chi connectivity index (χ4v) is 4.38. The van der Waals surface area contributed by atoms with Gasteiger partial charge in [0, 0.05) is 16.0 Å². The first kappa shape index (κ1) is 18.0. The van der Waals surface area contributed by atoms with Crippen LogP contribution in [0.3, 0.4) is 0 Å². The molecule has 1 aromatic heterocycles. The van der Waals surface area contributed by atoms with Crippen molar-refractivity contribution in [1.29, 1.82) is 0 Å². The normalized spacial score (nSPS) is 15.7. The monoisotopic (exact) mass is 412 g/mol. The standard InChI is InChI=1S/C20H13ClN2O2S2/c21-15-8-6-13(7-9-15)10-17-19(24)23(20(25)27-17)11-16-12-26-18(22-16)14-4-2-1-3-5-14/h1-10,12H,11H2/b17-10+. The first-order valence-corrected chi connectivity index (χ1v) is 10.2. The molecule has 1 aliphatic heterocycles. The molecule has 0 spiro atoms. The van der Waals surface area contributed by atoms with E-state index in [9.17, 15) is 9.59 Å². The van der Waals surface area contributed by atoms with E-state index in [1.54, 1.807) is 18.2 Å². The van der Waals surface area contributed by atoms with E-state index in [4.69, 9.17) is 11.6 Å². The number of carbonyl (C=O) groups is 2. The fraction of sp³-hybridized carbons (Fsp3) is 0.0500. The van der Waals surface area contributed by atoms with Gasteiger partial charge in [-0.05, 0) is 35.5 Å². The number of hydrogen-bond acceptors (Lipinski definition) is 5. The molecule has 0 aliphatic carbocycles. The maximum atomic E-state index is 12.6. The Morgan fingerprint density at radius 1 is 1.04 bits per heavy atom. The Balaban J connectivity index is 1.51. The molecule has 2 aromatic carbocycles. The van der Waals surface area contributed by atoms with Crippen LogP contribution >= 0.6 is 34.7 Å². The van der Waals surface area contributed by atoms with Crippen LogP contribution in [0.4, 0.5) is 4.79 Å². The second kappa shape index (κ2) is 7.68. The lowest BCUT2D eigenvalue weighted by Gasteiger charge is -2.10. The van der Waals surface area contributed by atoms with Crippen molar-refractivity contribution in [1.82, 2.24) is 9.88 Å². The molecule has 7 heteroatoms. The summed E-state index contributed by atoms with van der Waals surface area (Å²) < 4.78 is 0. The number of hydrogen-bond donors (Lipinski definition) is 0. The maximum absolute atomic E-state index is 12.6. The number of imide groups is 1. The molecule has 134 valence electrons. The number of thiazole rings is 1. The van der Waals surface area contributed by atoms with Crippen LogP contribution < -0.4 is 0 Å². The molecule has 0 unspecified atom stereocenters. The zero-order valence-corrected chi connectivity index (χ0v) is 16.4. The molecule has 0 atom stereocenters. The molecule has 1 fully saturated rings. The number of carbonyl (C=O) groups excluding carboxylic acids is 2. The third-order valence-electron chi connectivity index (χ3n) is 3.93. The number of thioether (sulfide) groups is 1. The summed E-state index contributed by atoms with van der Waals surface area (Å²) in [5.74, 6) is -0.297. The van der Waals surface area contributed by atoms with Gasteiger partial charge in [0.25, 0.3) is 11.1 Å². The minimum Gasteiger partial charge on any atom is -0.268 e. The van der Waals surface area contributed by atoms with Gasteiger partial charge in [-0.15, -0.1) is 11.3 Å². The van der Waals surface area contributed by atoms with Gasteiger partial charge < -0.3 is 0 Å². The number of amides is 2. The number of rotatable bonds is 4. The van der Waals surface area contributed by atoms with Crippen molar-refractivity contribution in [3.05, 3.63) is 81.2 Å². The molecule has 0 bridgehead atoms. The van der Waals surface area contributed by atoms with Gasteiger partial charge in [-0.25, -0.2) is 4.98 Å². The quantitative estimate of drug-likeness (QED) is 0.516. The predicted molar refractivity (Wildman–Crippen MR) is 111 cm³/mol. The third-order valence-corrected chi connectivity index (χ3v) is 6.03. The molecule has 0 saturated carbocycles. The summed E-state index contributed by atoms with van der Waals surface area (Å²) in [6, 6.07) is 16.9. The smallest absolute Gasteiger partial charge is 0.268 e. The number of halogens is 1. The van der Waals surface area contributed by atoms with Gasteiger partial charge in [0.1, 0.15) is 5.01 Å². The SMILES string of the molecule is O=C1S/C(=C/c2ccc(Cl)cc2)C(=O)N1Cc1csc(-c2ccccc2)n1. The molecule has 0 radical (unpaired) electrons. The van der Waals surface area contributed by atoms with Crippen molar-refractivity contribution < 1.29 is 9.59 Å². The minimum absolute atomic E-state index is 0.173. The van der Waals surface area contributed by atoms with E-state index in [0.717, 1.165) is 27.9 Å². The highest BCUT2D eigenvalue weighted by Gasteiger charge is 2.35. The van der Waals surface area contributed by atoms with Gasteiger partial charge in [-0.1, -0.05) is 54.1 Å². The average molecular weight is 413 g/mol. The van der Waals surface area contributed by atoms with E-state index in [1.807, 2.05) is 47.8 Å². The van der Waals surface area contributed by atoms with Gasteiger partial charge in [0.2, 0.25) is 0 Å². The fourth-order valence-electron chi connectivity index (χ4n) is 2.60. The molecular formula is C20H13ClN2O2S2. The first-order valence-electron chi connectivity index (χ1n) is 8.11. The minimum atomic E-state index is -0.297. The lowest BCUT2D eigenvalue weighted by Crippen LogP contribution is -2.27. The summed E-state index contributed by atoms with van der Waals surface area (Å²) in [4.78, 5) is 31.1. The molecule has 2 heterocycles. The summed E-state index contributed by atoms with van der Waals surface area (Å²) in [7, 11) is 0. The third kappa shape index (κ3) is 3.98. The van der Waals surface area contributed by atoms with Gasteiger partial charge in [0.05, 0.1) is 17.1 Å². The molecule has 27 heavy (non-hydrogen) atoms. The van der Waals surface area contributed by atoms with Crippen LogP contribution in [-0.2, 0) is 11.3 Å². The van der Waals surface area contributed by atoms with E-state index in [-0.39, 0.29) is 17.7 Å². The van der Waals surface area contributed by atoms with Crippen molar-refractivity contribution >= 4 is 51.9 Å². The Bertz CT molecular complexity index is 1030. The summed E-state index contributed by atoms with van der Waals surface area (Å²) in [6.07, 6.45) is 1.71. The molecule has 0 N–H and O–H groups in total. The summed E-state index contributed by atoms with van der Waals surface area (Å²) in [6.45, 7) is 0.173. The van der Waals surface area contributed by atoms with Crippen molar-refractivity contribution in [2.45, 2.75) is 6.54 Å². The van der Waals surface area contributed by atoms with Gasteiger partial charge in [-0.3, -0.25) is 14.5 Å². The molecular weight excluding hydrogens is 400 g/mol. The van der Waals surface area contributed by atoms with Crippen LogP contribution in [0.1, 0.15) is 11.3 Å². The lowest BCUT2D eigenvalue weighted by molar-refractivity contribution is -0.123. The number of aromatic nitrogens is 1. The predicted octanol–water partition coefficient (Wildman–Crippen LogP) is 5.70. The molecule has 3 aromatic rings. The maximum Gasteiger partial charge on any atom is 0.293 e. The van der Waals surface area contributed by atoms with Crippen LogP contribution in [0.2, 0.25) is 5.02 Å². The zero-order valence-electron chi connectivity index (χ0n) is 14.0. The van der Waals surface area contributed by atoms with Gasteiger partial charge in [0.15, 0.2) is 0 Å². The van der Waals surface area contributed by atoms with Crippen molar-refractivity contribution in [3.8, 4) is 10.6 Å². The zero-order chi connectivity index (χ0) is 18.8. The average Bonchev–Trinajstić information content (AvgIpc) is 3.25. The highest BCUT2D eigenvalue weighted by Crippen LogP contribution is 2.34. The van der Waals surface area contributed by atoms with Crippen LogP contribution in [0.25, 0.3) is 16.6 Å². The van der Waals surface area contributed by atoms with E-state index >= 15 is 0 Å². The number of nitrogens with zero attached hydrogens (tertiary/aromatic N) is 2. The van der Waals surface area contributed by atoms with Crippen molar-refractivity contribution in [3.63, 3.8) is 0 Å². The van der Waals surface area contributed by atoms with Crippen molar-refractivity contribution in [2.75, 3.05) is 0 Å². The second-order valence-corrected chi connectivity index (χ2v) is 8.12. The molecule has 4 nitrogen and oxygen atoms in total. The van der Waals surface area contributed by atoms with Crippen LogP contribution in [-0.4, -0.2) is 21.0 Å². The van der Waals surface area contributed by atoms with E-state index in [2.05, 4.69) is 4.98 Å². The highest BCUT2D eigenvalue weighted by molar-refractivity contribution is 8.18. The van der Waals surface area contributed by atoms with Gasteiger partial charge in [-0.2, -0.15) is 0 Å². The lowest BCUT2D eigenvalue weighted by atomic mass is 10.2. The number of benzene rings is 2. The highest BCUT2D eigenvalue weighted by atomic mass is 35.5. The summed E-state index contributed by atoms with van der Waals surface area (Å²) in [5.41, 5.74) is 2.55. The Morgan fingerprint density at radius 2 is 1.78 bits per heavy atom. The topological polar surface area (TPSA) is 50.3 Å². The summed E-state index contributed by atoms with van der Waals surface area (Å²) >= 11 is 8.32. The van der Waals surface area contributed by atoms with E-state index < -0.39 is 0 Å². The van der Waals surface area contributed by atoms with Crippen LogP contribution in [0.15, 0.2) is 64.9 Å². The van der Waals surface area contributed by atoms with E-state index in [1.165, 1.54) is 16.2 Å². The van der Waals surface area contributed by atoms with Crippen LogP contribution in [0, 0.1) is 0 Å². The van der Waals surface area contributed by atoms with Crippen molar-refractivity contribution in [2.24, 2.45) is 0 Å². The molecule has 1 saturated heterocycles. The van der Waals surface area contributed by atoms with Gasteiger partial charge >= 0.3 is 0 Å². The first-order chi connectivity index (χ1) is 13.1. The Hall–Kier alpha value is -2.41. The second-order valence-electron chi connectivity index (χ2n) is 5.83. The molecule has 1 aliphatic rings. The molecule has 2 amide bonds. The molecule has 4 rings (SSSR count). The van der Waals surface area contributed by atoms with E-state index in [0.29, 0.717) is 15.6 Å². The Morgan fingerprint density at radius 3 is 2.52 bits per heavy atom. The summed E-state index contributed by atoms with van der Waals surface area (Å²) in [5, 5.41) is 3.09. The largest absolute Gasteiger partial charge is 0.293 e. The van der Waals surface area contributed by atoms with Crippen LogP contribution in [0.5, 0.6) is 0 Å². The Labute approximate surface area is 169 Å².